The zero-order valence-corrected chi connectivity index (χ0v) is 16.3. The summed E-state index contributed by atoms with van der Waals surface area (Å²) in [4.78, 5) is 31.8. The van der Waals surface area contributed by atoms with Gasteiger partial charge in [-0.1, -0.05) is 29.0 Å². The van der Waals surface area contributed by atoms with Gasteiger partial charge in [-0.05, 0) is 23.6 Å². The lowest BCUT2D eigenvalue weighted by molar-refractivity contribution is 0.0731. The van der Waals surface area contributed by atoms with Crippen LogP contribution in [-0.4, -0.2) is 28.2 Å². The maximum atomic E-state index is 14.0. The monoisotopic (exact) mass is 421 g/mol. The summed E-state index contributed by atoms with van der Waals surface area (Å²) in [6.45, 7) is 0.725. The minimum Gasteiger partial charge on any atom is -0.333 e. The molecule has 2 amide bonds. The number of benzene rings is 1. The Labute approximate surface area is 167 Å². The summed E-state index contributed by atoms with van der Waals surface area (Å²) < 4.78 is 14.0. The number of carbonyl (C=O) groups excluding carboxylic acids is 2. The molecule has 2 aromatic heterocycles. The summed E-state index contributed by atoms with van der Waals surface area (Å²) in [7, 11) is 0. The van der Waals surface area contributed by atoms with Crippen LogP contribution >= 0.6 is 34.3 Å². The molecule has 0 saturated heterocycles. The molecule has 0 bridgehead atoms. The molecule has 0 atom stereocenters. The highest BCUT2D eigenvalue weighted by molar-refractivity contribution is 7.16. The molecule has 0 unspecified atom stereocenters. The molecule has 1 aliphatic rings. The fourth-order valence-electron chi connectivity index (χ4n) is 2.85. The first-order chi connectivity index (χ1) is 13.0. The number of nitrogens with one attached hydrogen (secondary N) is 1. The second-order valence-electron chi connectivity index (χ2n) is 5.93. The maximum absolute atomic E-state index is 14.0. The summed E-state index contributed by atoms with van der Waals surface area (Å²) in [6, 6.07) is 5.93. The van der Waals surface area contributed by atoms with Gasteiger partial charge in [-0.3, -0.25) is 14.9 Å². The van der Waals surface area contributed by atoms with Crippen LogP contribution < -0.4 is 5.32 Å². The van der Waals surface area contributed by atoms with E-state index in [4.69, 9.17) is 11.6 Å². The predicted molar refractivity (Wildman–Crippen MR) is 104 cm³/mol. The van der Waals surface area contributed by atoms with Crippen molar-refractivity contribution < 1.29 is 14.0 Å². The molecule has 0 radical (unpaired) electrons. The topological polar surface area (TPSA) is 62.3 Å². The van der Waals surface area contributed by atoms with Crippen molar-refractivity contribution in [1.82, 2.24) is 9.88 Å². The highest BCUT2D eigenvalue weighted by Gasteiger charge is 2.28. The number of fused-ring (bicyclic) bond motifs is 1. The Morgan fingerprint density at radius 1 is 1.30 bits per heavy atom. The minimum atomic E-state index is -0.633. The van der Waals surface area contributed by atoms with E-state index in [9.17, 15) is 14.0 Å². The minimum absolute atomic E-state index is 0.0961. The number of hydrogen-bond acceptors (Lipinski definition) is 5. The Kier molecular flexibility index (Phi) is 4.94. The first-order valence-corrected chi connectivity index (χ1v) is 10.2. The van der Waals surface area contributed by atoms with E-state index in [1.165, 1.54) is 40.9 Å². The van der Waals surface area contributed by atoms with Gasteiger partial charge >= 0.3 is 0 Å². The summed E-state index contributed by atoms with van der Waals surface area (Å²) in [5, 5.41) is 6.97. The highest BCUT2D eigenvalue weighted by Crippen LogP contribution is 2.30. The molecule has 1 aromatic carbocycles. The molecule has 27 heavy (non-hydrogen) atoms. The van der Waals surface area contributed by atoms with Crippen molar-refractivity contribution >= 4 is 51.2 Å². The van der Waals surface area contributed by atoms with Gasteiger partial charge in [0.25, 0.3) is 11.8 Å². The number of amides is 2. The molecule has 0 saturated carbocycles. The normalized spacial score (nSPS) is 13.3. The van der Waals surface area contributed by atoms with E-state index in [-0.39, 0.29) is 16.5 Å². The molecule has 0 aliphatic carbocycles. The van der Waals surface area contributed by atoms with Crippen molar-refractivity contribution in [3.8, 4) is 0 Å². The number of halogens is 2. The molecular formula is C18H13ClFN3O2S2. The van der Waals surface area contributed by atoms with E-state index in [0.717, 1.165) is 10.6 Å². The summed E-state index contributed by atoms with van der Waals surface area (Å²) in [5.41, 5.74) is 1.32. The molecule has 4 rings (SSSR count). The molecule has 138 valence electrons. The summed E-state index contributed by atoms with van der Waals surface area (Å²) in [6.07, 6.45) is 0.540. The Morgan fingerprint density at radius 3 is 2.89 bits per heavy atom. The van der Waals surface area contributed by atoms with Gasteiger partial charge in [-0.15, -0.1) is 0 Å². The number of anilines is 1. The van der Waals surface area contributed by atoms with Crippen molar-refractivity contribution in [3.05, 3.63) is 67.6 Å². The summed E-state index contributed by atoms with van der Waals surface area (Å²) in [5.74, 6) is -1.29. The first kappa shape index (κ1) is 18.1. The van der Waals surface area contributed by atoms with E-state index in [1.54, 1.807) is 16.3 Å². The van der Waals surface area contributed by atoms with Crippen LogP contribution in [0.3, 0.4) is 0 Å². The zero-order chi connectivity index (χ0) is 19.0. The maximum Gasteiger partial charge on any atom is 0.258 e. The molecule has 3 heterocycles. The fraction of sp³-hybridized carbons (Fsp3) is 0.167. The smallest absolute Gasteiger partial charge is 0.258 e. The Balaban J connectivity index is 1.51. The largest absolute Gasteiger partial charge is 0.333 e. The quantitative estimate of drug-likeness (QED) is 0.679. The van der Waals surface area contributed by atoms with Gasteiger partial charge in [0.05, 0.1) is 28.4 Å². The van der Waals surface area contributed by atoms with Crippen LogP contribution in [0.1, 0.15) is 31.3 Å². The van der Waals surface area contributed by atoms with Crippen LogP contribution in [0.15, 0.2) is 35.0 Å². The predicted octanol–water partition coefficient (Wildman–Crippen LogP) is 4.45. The number of carbonyl (C=O) groups is 2. The van der Waals surface area contributed by atoms with Crippen molar-refractivity contribution in [3.63, 3.8) is 0 Å². The van der Waals surface area contributed by atoms with Crippen molar-refractivity contribution in [2.24, 2.45) is 0 Å². The molecule has 1 N–H and O–H groups in total. The second kappa shape index (κ2) is 7.38. The van der Waals surface area contributed by atoms with Crippen LogP contribution in [0.25, 0.3) is 0 Å². The molecule has 1 aliphatic heterocycles. The Bertz CT molecular complexity index is 1000. The first-order valence-electron chi connectivity index (χ1n) is 8.08. The third-order valence-electron chi connectivity index (χ3n) is 4.20. The summed E-state index contributed by atoms with van der Waals surface area (Å²) >= 11 is 8.78. The van der Waals surface area contributed by atoms with Gasteiger partial charge < -0.3 is 4.90 Å². The molecule has 9 heteroatoms. The van der Waals surface area contributed by atoms with E-state index in [0.29, 0.717) is 30.2 Å². The standard InChI is InChI=1S/C18H13ClFN3O2S2/c19-11-2-1-3-12(20)15(11)17(25)23-6-4-13-14(8-23)27-18(21-13)22-16(24)10-5-7-26-9-10/h1-3,5,7,9H,4,6,8H2,(H,21,22,24). The van der Waals surface area contributed by atoms with Crippen LogP contribution in [0.2, 0.25) is 5.02 Å². The molecule has 3 aromatic rings. The second-order valence-corrected chi connectivity index (χ2v) is 8.20. The van der Waals surface area contributed by atoms with Crippen molar-refractivity contribution in [1.29, 1.82) is 0 Å². The molecule has 5 nitrogen and oxygen atoms in total. The van der Waals surface area contributed by atoms with Gasteiger partial charge in [-0.2, -0.15) is 11.3 Å². The van der Waals surface area contributed by atoms with Crippen molar-refractivity contribution in [2.45, 2.75) is 13.0 Å². The Hall–Kier alpha value is -2.29. The van der Waals surface area contributed by atoms with Gasteiger partial charge in [-0.25, -0.2) is 9.37 Å². The van der Waals surface area contributed by atoms with Gasteiger partial charge in [0.2, 0.25) is 0 Å². The third-order valence-corrected chi connectivity index (χ3v) is 6.19. The van der Waals surface area contributed by atoms with Gasteiger partial charge in [0.15, 0.2) is 5.13 Å². The number of nitrogens with zero attached hydrogens (tertiary/aromatic N) is 2. The lowest BCUT2D eigenvalue weighted by Gasteiger charge is -2.26. The van der Waals surface area contributed by atoms with E-state index >= 15 is 0 Å². The SMILES string of the molecule is O=C(Nc1nc2c(s1)CN(C(=O)c1c(F)cccc1Cl)CC2)c1ccsc1. The average molecular weight is 422 g/mol. The van der Waals surface area contributed by atoms with Crippen LogP contribution in [0.4, 0.5) is 9.52 Å². The lowest BCUT2D eigenvalue weighted by atomic mass is 10.1. The third kappa shape index (κ3) is 3.60. The number of hydrogen-bond donors (Lipinski definition) is 1. The zero-order valence-electron chi connectivity index (χ0n) is 13.9. The molecular weight excluding hydrogens is 409 g/mol. The highest BCUT2D eigenvalue weighted by atomic mass is 35.5. The van der Waals surface area contributed by atoms with E-state index in [2.05, 4.69) is 10.3 Å². The van der Waals surface area contributed by atoms with E-state index in [1.807, 2.05) is 5.38 Å². The van der Waals surface area contributed by atoms with Gasteiger partial charge in [0, 0.05) is 23.2 Å². The number of aromatic nitrogens is 1. The van der Waals surface area contributed by atoms with Crippen molar-refractivity contribution in [2.75, 3.05) is 11.9 Å². The van der Waals surface area contributed by atoms with Crippen LogP contribution in [0.5, 0.6) is 0 Å². The van der Waals surface area contributed by atoms with Crippen LogP contribution in [0, 0.1) is 5.82 Å². The number of thiazole rings is 1. The molecule has 0 spiro atoms. The molecule has 0 fully saturated rings. The number of thiophene rings is 1. The van der Waals surface area contributed by atoms with Gasteiger partial charge in [0.1, 0.15) is 5.82 Å². The lowest BCUT2D eigenvalue weighted by Crippen LogP contribution is -2.36. The average Bonchev–Trinajstić information content (AvgIpc) is 3.30. The number of rotatable bonds is 3. The fourth-order valence-corrected chi connectivity index (χ4v) is 4.74. The Morgan fingerprint density at radius 2 is 2.15 bits per heavy atom. The van der Waals surface area contributed by atoms with E-state index < -0.39 is 11.7 Å². The van der Waals surface area contributed by atoms with Crippen LogP contribution in [-0.2, 0) is 13.0 Å².